The number of aliphatic hydroxyl groups excluding tert-OH is 1. The maximum atomic E-state index is 9.38. The van der Waals surface area contributed by atoms with Crippen molar-refractivity contribution in [3.63, 3.8) is 0 Å². The third-order valence-corrected chi connectivity index (χ3v) is 4.52. The minimum absolute atomic E-state index is 0.0355. The molecule has 2 rings (SSSR count). The lowest BCUT2D eigenvalue weighted by atomic mass is 10.1. The molecule has 0 amide bonds. The lowest BCUT2D eigenvalue weighted by Crippen LogP contribution is -2.00. The molecule has 0 aliphatic heterocycles. The minimum Gasteiger partial charge on any atom is -0.392 e. The summed E-state index contributed by atoms with van der Waals surface area (Å²) in [6.45, 7) is 2.51. The highest BCUT2D eigenvalue weighted by Gasteiger charge is 2.10. The predicted molar refractivity (Wildman–Crippen MR) is 80.6 cm³/mol. The standard InChI is InChI=1S/C15H16ClNOS/c1-10-6-13(16)7-12(8-17)15(10)19-14-5-3-2-4-11(14)9-18/h2-7,18H,8-9,17H2,1H3. The quantitative estimate of drug-likeness (QED) is 0.902. The van der Waals surface area contributed by atoms with Crippen molar-refractivity contribution < 1.29 is 5.11 Å². The summed E-state index contributed by atoms with van der Waals surface area (Å²) in [6, 6.07) is 11.7. The molecule has 0 radical (unpaired) electrons. The Morgan fingerprint density at radius 2 is 1.95 bits per heavy atom. The summed E-state index contributed by atoms with van der Waals surface area (Å²) in [6.07, 6.45) is 0. The first-order valence-electron chi connectivity index (χ1n) is 6.01. The SMILES string of the molecule is Cc1cc(Cl)cc(CN)c1Sc1ccccc1CO. The van der Waals surface area contributed by atoms with E-state index in [9.17, 15) is 5.11 Å². The van der Waals surface area contributed by atoms with E-state index >= 15 is 0 Å². The Kier molecular flexibility index (Phi) is 4.88. The van der Waals surface area contributed by atoms with E-state index in [0.29, 0.717) is 11.6 Å². The maximum absolute atomic E-state index is 9.38. The molecule has 0 fully saturated rings. The molecule has 0 aromatic heterocycles. The molecule has 4 heteroatoms. The van der Waals surface area contributed by atoms with E-state index in [-0.39, 0.29) is 6.61 Å². The van der Waals surface area contributed by atoms with Crippen molar-refractivity contribution in [3.8, 4) is 0 Å². The molecule has 3 N–H and O–H groups in total. The van der Waals surface area contributed by atoms with Gasteiger partial charge in [0.25, 0.3) is 0 Å². The van der Waals surface area contributed by atoms with Gasteiger partial charge in [-0.25, -0.2) is 0 Å². The Morgan fingerprint density at radius 1 is 1.21 bits per heavy atom. The van der Waals surface area contributed by atoms with E-state index in [1.54, 1.807) is 11.8 Å². The van der Waals surface area contributed by atoms with Gasteiger partial charge >= 0.3 is 0 Å². The molecule has 0 heterocycles. The first-order chi connectivity index (χ1) is 9.15. The Labute approximate surface area is 122 Å². The second-order valence-corrected chi connectivity index (χ2v) is 5.77. The van der Waals surface area contributed by atoms with E-state index in [2.05, 4.69) is 0 Å². The number of hydrogen-bond donors (Lipinski definition) is 2. The van der Waals surface area contributed by atoms with Crippen LogP contribution in [0, 0.1) is 6.92 Å². The van der Waals surface area contributed by atoms with Gasteiger partial charge in [0.15, 0.2) is 0 Å². The average molecular weight is 294 g/mol. The average Bonchev–Trinajstić information content (AvgIpc) is 2.42. The molecule has 0 spiro atoms. The second kappa shape index (κ2) is 6.44. The van der Waals surface area contributed by atoms with Gasteiger partial charge in [-0.15, -0.1) is 0 Å². The number of nitrogens with two attached hydrogens (primary N) is 1. The Bertz CT molecular complexity index is 586. The van der Waals surface area contributed by atoms with E-state index in [0.717, 1.165) is 26.5 Å². The van der Waals surface area contributed by atoms with Crippen LogP contribution >= 0.6 is 23.4 Å². The van der Waals surface area contributed by atoms with Gasteiger partial charge < -0.3 is 10.8 Å². The van der Waals surface area contributed by atoms with Crippen molar-refractivity contribution in [1.29, 1.82) is 0 Å². The lowest BCUT2D eigenvalue weighted by molar-refractivity contribution is 0.279. The normalized spacial score (nSPS) is 10.7. The van der Waals surface area contributed by atoms with Gasteiger partial charge in [-0.2, -0.15) is 0 Å². The van der Waals surface area contributed by atoms with Gasteiger partial charge in [0, 0.05) is 21.4 Å². The molecule has 0 atom stereocenters. The van der Waals surface area contributed by atoms with E-state index in [4.69, 9.17) is 17.3 Å². The van der Waals surface area contributed by atoms with Crippen LogP contribution in [0.5, 0.6) is 0 Å². The van der Waals surface area contributed by atoms with Crippen LogP contribution in [-0.2, 0) is 13.2 Å². The Morgan fingerprint density at radius 3 is 2.63 bits per heavy atom. The fraction of sp³-hybridized carbons (Fsp3) is 0.200. The van der Waals surface area contributed by atoms with Crippen LogP contribution in [0.1, 0.15) is 16.7 Å². The molecule has 2 aromatic carbocycles. The van der Waals surface area contributed by atoms with Crippen molar-refractivity contribution in [1.82, 2.24) is 0 Å². The highest BCUT2D eigenvalue weighted by Crippen LogP contribution is 2.36. The largest absolute Gasteiger partial charge is 0.392 e. The highest BCUT2D eigenvalue weighted by atomic mass is 35.5. The van der Waals surface area contributed by atoms with E-state index in [1.807, 2.05) is 43.3 Å². The van der Waals surface area contributed by atoms with Crippen LogP contribution in [0.3, 0.4) is 0 Å². The van der Waals surface area contributed by atoms with Crippen LogP contribution in [0.15, 0.2) is 46.2 Å². The highest BCUT2D eigenvalue weighted by molar-refractivity contribution is 7.99. The van der Waals surface area contributed by atoms with Crippen LogP contribution in [-0.4, -0.2) is 5.11 Å². The molecule has 0 aliphatic rings. The topological polar surface area (TPSA) is 46.2 Å². The Balaban J connectivity index is 2.43. The van der Waals surface area contributed by atoms with Gasteiger partial charge in [0.05, 0.1) is 6.61 Å². The molecule has 100 valence electrons. The third kappa shape index (κ3) is 3.31. The van der Waals surface area contributed by atoms with Crippen molar-refractivity contribution in [2.24, 2.45) is 5.73 Å². The molecule has 0 saturated heterocycles. The molecular weight excluding hydrogens is 278 g/mol. The van der Waals surface area contributed by atoms with Crippen molar-refractivity contribution in [2.75, 3.05) is 0 Å². The number of benzene rings is 2. The van der Waals surface area contributed by atoms with Crippen molar-refractivity contribution in [2.45, 2.75) is 29.9 Å². The summed E-state index contributed by atoms with van der Waals surface area (Å²) < 4.78 is 0. The van der Waals surface area contributed by atoms with Gasteiger partial charge in [0.1, 0.15) is 0 Å². The number of aryl methyl sites for hydroxylation is 1. The van der Waals surface area contributed by atoms with Gasteiger partial charge in [-0.1, -0.05) is 41.6 Å². The summed E-state index contributed by atoms with van der Waals surface area (Å²) >= 11 is 7.68. The first kappa shape index (κ1) is 14.4. The van der Waals surface area contributed by atoms with Gasteiger partial charge in [-0.3, -0.25) is 0 Å². The molecule has 19 heavy (non-hydrogen) atoms. The van der Waals surface area contributed by atoms with Crippen molar-refractivity contribution >= 4 is 23.4 Å². The fourth-order valence-electron chi connectivity index (χ4n) is 1.94. The predicted octanol–water partition coefficient (Wildman–Crippen LogP) is 3.75. The monoisotopic (exact) mass is 293 g/mol. The summed E-state index contributed by atoms with van der Waals surface area (Å²) in [7, 11) is 0. The molecule has 2 aromatic rings. The summed E-state index contributed by atoms with van der Waals surface area (Å²) in [5.41, 5.74) is 8.85. The number of aliphatic hydroxyl groups is 1. The van der Waals surface area contributed by atoms with Gasteiger partial charge in [-0.05, 0) is 41.8 Å². The van der Waals surface area contributed by atoms with Gasteiger partial charge in [0.2, 0.25) is 0 Å². The summed E-state index contributed by atoms with van der Waals surface area (Å²) in [4.78, 5) is 2.16. The molecule has 0 unspecified atom stereocenters. The molecule has 0 saturated carbocycles. The zero-order chi connectivity index (χ0) is 13.8. The number of halogens is 1. The summed E-state index contributed by atoms with van der Waals surface area (Å²) in [5.74, 6) is 0. The maximum Gasteiger partial charge on any atom is 0.0692 e. The number of rotatable bonds is 4. The molecule has 0 bridgehead atoms. The fourth-order valence-corrected chi connectivity index (χ4v) is 3.36. The third-order valence-electron chi connectivity index (χ3n) is 2.89. The smallest absolute Gasteiger partial charge is 0.0692 e. The van der Waals surface area contributed by atoms with E-state index in [1.165, 1.54) is 0 Å². The zero-order valence-corrected chi connectivity index (χ0v) is 12.3. The van der Waals surface area contributed by atoms with Crippen LogP contribution in [0.2, 0.25) is 5.02 Å². The van der Waals surface area contributed by atoms with Crippen LogP contribution < -0.4 is 5.73 Å². The second-order valence-electron chi connectivity index (χ2n) is 4.28. The van der Waals surface area contributed by atoms with Crippen molar-refractivity contribution in [3.05, 3.63) is 58.1 Å². The van der Waals surface area contributed by atoms with E-state index < -0.39 is 0 Å². The summed E-state index contributed by atoms with van der Waals surface area (Å²) in [5, 5.41) is 10.1. The first-order valence-corrected chi connectivity index (χ1v) is 7.21. The van der Waals surface area contributed by atoms with Crippen LogP contribution in [0.25, 0.3) is 0 Å². The Hall–Kier alpha value is -1.00. The molecule has 2 nitrogen and oxygen atoms in total. The molecule has 0 aliphatic carbocycles. The lowest BCUT2D eigenvalue weighted by Gasteiger charge is -2.13. The number of hydrogen-bond acceptors (Lipinski definition) is 3. The molecular formula is C15H16ClNOS. The van der Waals surface area contributed by atoms with Crippen LogP contribution in [0.4, 0.5) is 0 Å². The zero-order valence-electron chi connectivity index (χ0n) is 10.7. The minimum atomic E-state index is 0.0355.